The van der Waals surface area contributed by atoms with E-state index in [4.69, 9.17) is 99.5 Å². The van der Waals surface area contributed by atoms with Crippen LogP contribution in [0.4, 0.5) is 0 Å². The van der Waals surface area contributed by atoms with Gasteiger partial charge in [-0.25, -0.2) is 0 Å². The summed E-state index contributed by atoms with van der Waals surface area (Å²) in [6.45, 7) is 29.2. The highest BCUT2D eigenvalue weighted by Gasteiger charge is 2.63. The summed E-state index contributed by atoms with van der Waals surface area (Å²) < 4.78 is 125. The summed E-state index contributed by atoms with van der Waals surface area (Å²) in [4.78, 5) is 253. The molecule has 1 saturated heterocycles. The van der Waals surface area contributed by atoms with E-state index >= 15 is 0 Å². The Morgan fingerprint density at radius 3 is 0.992 bits per heavy atom. The average molecular weight is 1850 g/mol. The fourth-order valence-electron chi connectivity index (χ4n) is 16.2. The smallest absolute Gasteiger partial charge is 0.303 e. The Balaban J connectivity index is 4.58. The Morgan fingerprint density at radius 1 is 0.279 bits per heavy atom. The molecule has 0 saturated carbocycles. The van der Waals surface area contributed by atoms with Crippen LogP contribution in [0.5, 0.6) is 0 Å². The maximum atomic E-state index is 13.8. The van der Waals surface area contributed by atoms with Gasteiger partial charge in [0.2, 0.25) is 5.79 Å². The van der Waals surface area contributed by atoms with E-state index in [2.05, 4.69) is 6.92 Å². The predicted molar refractivity (Wildman–Crippen MR) is 446 cm³/mol. The predicted octanol–water partition coefficient (Wildman–Crippen LogP) is 9.28. The first-order chi connectivity index (χ1) is 60.0. The second-order valence-corrected chi connectivity index (χ2v) is 33.0. The minimum absolute atomic E-state index is 0.0610. The van der Waals surface area contributed by atoms with Crippen LogP contribution in [-0.2, 0) is 191 Å². The van der Waals surface area contributed by atoms with Gasteiger partial charge in [0.05, 0.1) is 6.61 Å². The Morgan fingerprint density at radius 2 is 0.597 bits per heavy atom. The van der Waals surface area contributed by atoms with Gasteiger partial charge in [0.25, 0.3) is 0 Å². The molecule has 1 aliphatic rings. The van der Waals surface area contributed by atoms with E-state index < -0.39 is 298 Å². The lowest BCUT2D eigenvalue weighted by molar-refractivity contribution is -0.365. The van der Waals surface area contributed by atoms with Crippen molar-refractivity contribution in [2.75, 3.05) is 13.7 Å². The monoisotopic (exact) mass is 1850 g/mol. The largest absolute Gasteiger partial charge is 0.466 e. The number of methoxy groups -OCH3 is 1. The normalized spacial score (nSPS) is 20.0. The number of rotatable bonds is 59. The Labute approximate surface area is 754 Å². The molecule has 0 aromatic heterocycles. The number of unbranched alkanes of at least 4 members (excludes halogenated alkanes) is 7. The molecular formula is C89H140O40. The van der Waals surface area contributed by atoms with Crippen LogP contribution >= 0.6 is 0 Å². The van der Waals surface area contributed by atoms with Crippen molar-refractivity contribution in [1.82, 2.24) is 0 Å². The van der Waals surface area contributed by atoms with Crippen molar-refractivity contribution in [2.24, 2.45) is 29.6 Å². The summed E-state index contributed by atoms with van der Waals surface area (Å²) in [5.74, 6) is -25.4. The highest BCUT2D eigenvalue weighted by molar-refractivity contribution is 5.73. The lowest BCUT2D eigenvalue weighted by atomic mass is 9.80. The molecule has 0 aromatic carbocycles. The molecule has 0 bridgehead atoms. The molecule has 0 amide bonds. The van der Waals surface area contributed by atoms with Gasteiger partial charge in [-0.3, -0.25) is 91.1 Å². The Hall–Kier alpha value is -10.2. The molecule has 736 valence electrons. The van der Waals surface area contributed by atoms with Crippen molar-refractivity contribution in [2.45, 2.75) is 410 Å². The molecule has 0 spiro atoms. The summed E-state index contributed by atoms with van der Waals surface area (Å²) >= 11 is 0. The summed E-state index contributed by atoms with van der Waals surface area (Å²) in [5.41, 5.74) is 0. The molecule has 40 heteroatoms. The average Bonchev–Trinajstić information content (AvgIpc) is 0.743. The van der Waals surface area contributed by atoms with Crippen LogP contribution in [0.3, 0.4) is 0 Å². The summed E-state index contributed by atoms with van der Waals surface area (Å²) in [7, 11) is 1.10. The quantitative estimate of drug-likeness (QED) is 0.0311. The van der Waals surface area contributed by atoms with Crippen molar-refractivity contribution < 1.29 is 191 Å². The van der Waals surface area contributed by atoms with Crippen LogP contribution in [0.1, 0.15) is 289 Å². The molecule has 1 aliphatic heterocycles. The van der Waals surface area contributed by atoms with Crippen molar-refractivity contribution >= 4 is 113 Å². The molecule has 0 aromatic rings. The molecule has 40 nitrogen and oxygen atoms in total. The Kier molecular flexibility index (Phi) is 53.6. The van der Waals surface area contributed by atoms with Gasteiger partial charge in [0.1, 0.15) is 79.4 Å². The minimum atomic E-state index is -2.41. The van der Waals surface area contributed by atoms with Gasteiger partial charge in [-0.2, -0.15) is 0 Å². The minimum Gasteiger partial charge on any atom is -0.466 e. The topological polar surface area (TPSA) is 518 Å². The first kappa shape index (κ1) is 117. The SMILES string of the molecule is CCCCCCCCCC[C@H](C[C@]1(OC)O[C@H](CC(OC(C)=O)C(OC(C)=O)C(OC(C)=O)C(OC(C)=O)C(CC(CC(CC(CC(OC(C)=O)C(C)C(OC(C)=O)C(C)C(CC(OC(C)=O)C(C)C(OC(C)=O)C(C[C@H](C)C[C@H](C)COC(C)=O)OC(C)=O)OC(C)=O)OC(C)=O)OC(C)=O)OC(C)=O)OC(C)=O)[C@@H](OC(C)=O)[C@H](OC(C)=O)[C@@H]1OC(C)=O)OC(C)=O. The van der Waals surface area contributed by atoms with Gasteiger partial charge in [-0.05, 0) is 37.5 Å². The van der Waals surface area contributed by atoms with Gasteiger partial charge in [0, 0.05) is 201 Å². The fraction of sp³-hybridized carbons (Fsp3) is 0.787. The summed E-state index contributed by atoms with van der Waals surface area (Å²) in [6, 6.07) is 0. The lowest BCUT2D eigenvalue weighted by Crippen LogP contribution is -2.69. The molecule has 1 heterocycles. The lowest BCUT2D eigenvalue weighted by Gasteiger charge is -2.51. The van der Waals surface area contributed by atoms with E-state index in [1.54, 1.807) is 0 Å². The first-order valence-corrected chi connectivity index (χ1v) is 43.5. The van der Waals surface area contributed by atoms with Crippen molar-refractivity contribution in [1.29, 1.82) is 0 Å². The van der Waals surface area contributed by atoms with E-state index in [9.17, 15) is 91.1 Å². The zero-order chi connectivity index (χ0) is 98.6. The molecule has 17 unspecified atom stereocenters. The first-order valence-electron chi connectivity index (χ1n) is 43.5. The number of esters is 19. The van der Waals surface area contributed by atoms with Gasteiger partial charge >= 0.3 is 113 Å². The highest BCUT2D eigenvalue weighted by atomic mass is 16.8. The number of carbonyl (C=O) groups excluding carboxylic acids is 19. The molecular weight excluding hydrogens is 1710 g/mol. The molecule has 0 radical (unpaired) electrons. The van der Waals surface area contributed by atoms with Crippen molar-refractivity contribution in [3.05, 3.63) is 0 Å². The van der Waals surface area contributed by atoms with Crippen LogP contribution < -0.4 is 0 Å². The molecule has 129 heavy (non-hydrogen) atoms. The maximum Gasteiger partial charge on any atom is 0.303 e. The van der Waals surface area contributed by atoms with Crippen LogP contribution in [0.15, 0.2) is 0 Å². The van der Waals surface area contributed by atoms with Crippen molar-refractivity contribution in [3.8, 4) is 0 Å². The third-order valence-electron chi connectivity index (χ3n) is 20.7. The fourth-order valence-corrected chi connectivity index (χ4v) is 16.2. The summed E-state index contributed by atoms with van der Waals surface area (Å²) in [5, 5.41) is 0. The van der Waals surface area contributed by atoms with Gasteiger partial charge in [-0.1, -0.05) is 86.5 Å². The van der Waals surface area contributed by atoms with Crippen LogP contribution in [0.25, 0.3) is 0 Å². The third-order valence-corrected chi connectivity index (χ3v) is 20.7. The highest BCUT2D eigenvalue weighted by Crippen LogP contribution is 2.44. The molecule has 0 aliphatic carbocycles. The number of carbonyl (C=O) groups is 19. The van der Waals surface area contributed by atoms with Gasteiger partial charge in [-0.15, -0.1) is 0 Å². The Bertz CT molecular complexity index is 3690. The van der Waals surface area contributed by atoms with E-state index in [1.807, 2.05) is 13.8 Å². The van der Waals surface area contributed by atoms with Gasteiger partial charge in [0.15, 0.2) is 36.6 Å². The zero-order valence-electron chi connectivity index (χ0n) is 79.6. The standard InChI is InChI=1S/C89H140O40/c1-27-28-29-30-31-32-33-34-35-70(111-52(8)91)44-89(109-26)88(128-69(25)108)87(127-68(24)107)85(125-66(22)105)80(129-89)43-79(120-61(17)100)84(124-65(21)104)86(126-67(23)106)83(123-64(20)103)78(119-60(16)99)41-73(114-55(11)94)39-71(112-53(9)92)38-72(113-54(10)93)40-74(115-56(12)95)48(4)81(121-62(18)101)49(5)75(116-57(13)96)42-76(117-58(14)97)50(6)82(122-63(19)102)77(118-59(15)98)37-46(2)36-47(3)45-110-51(7)90/h46-50,70-88H,27-45H2,1-26H3/t46-,47+,48?,49?,50?,70-,71?,72?,73?,74?,75?,76?,77?,78?,79?,80-,81?,82?,83?,84?,85-,86?,87+,88+,89+/m1/s1. The third kappa shape index (κ3) is 46.8. The van der Waals surface area contributed by atoms with E-state index in [0.717, 1.165) is 170 Å². The van der Waals surface area contributed by atoms with Crippen molar-refractivity contribution in [3.63, 3.8) is 0 Å². The van der Waals surface area contributed by atoms with Gasteiger partial charge < -0.3 is 99.5 Å². The van der Waals surface area contributed by atoms with E-state index in [0.29, 0.717) is 19.3 Å². The molecule has 1 fully saturated rings. The maximum absolute atomic E-state index is 13.8. The zero-order valence-corrected chi connectivity index (χ0v) is 79.6. The number of hydrogen-bond donors (Lipinski definition) is 0. The second-order valence-electron chi connectivity index (χ2n) is 33.0. The molecule has 1 rings (SSSR count). The van der Waals surface area contributed by atoms with Crippen LogP contribution in [-0.4, -0.2) is 249 Å². The van der Waals surface area contributed by atoms with Crippen LogP contribution in [0.2, 0.25) is 0 Å². The van der Waals surface area contributed by atoms with E-state index in [-0.39, 0.29) is 31.3 Å². The molecule has 25 atom stereocenters. The molecule has 0 N–H and O–H groups in total. The van der Waals surface area contributed by atoms with Crippen LogP contribution in [0, 0.1) is 29.6 Å². The summed E-state index contributed by atoms with van der Waals surface area (Å²) in [6.07, 6.45) is -30.6. The number of hydrogen-bond acceptors (Lipinski definition) is 40. The van der Waals surface area contributed by atoms with E-state index in [1.165, 1.54) is 27.7 Å². The number of ether oxygens (including phenoxy) is 21. The second kappa shape index (κ2) is 59.2.